The highest BCUT2D eigenvalue weighted by atomic mass is 19.2. The van der Waals surface area contributed by atoms with Crippen LogP contribution in [0.2, 0.25) is 0 Å². The van der Waals surface area contributed by atoms with Crippen LogP contribution in [-0.4, -0.2) is 26.2 Å². The number of anilines is 2. The highest BCUT2D eigenvalue weighted by molar-refractivity contribution is 5.55. The summed E-state index contributed by atoms with van der Waals surface area (Å²) in [5.41, 5.74) is 5.42. The van der Waals surface area contributed by atoms with Crippen LogP contribution >= 0.6 is 0 Å². The molecule has 0 amide bonds. The molecule has 1 aromatic carbocycles. The standard InChI is InChI=1S/C10H13F2N3.C2H6/c11-9-7(13)1-2-8(10(9)12)15-5-3-14-4-6-15;1-2/h1-2,14H,3-6,13H2;1-2H3. The minimum atomic E-state index is -0.953. The van der Waals surface area contributed by atoms with Crippen LogP contribution in [0.1, 0.15) is 13.8 Å². The van der Waals surface area contributed by atoms with Gasteiger partial charge in [0.15, 0.2) is 11.6 Å². The third-order valence-electron chi connectivity index (χ3n) is 2.55. The molecule has 1 heterocycles. The third kappa shape index (κ3) is 3.06. The summed E-state index contributed by atoms with van der Waals surface area (Å²) < 4.78 is 26.7. The first kappa shape index (κ1) is 13.7. The van der Waals surface area contributed by atoms with Crippen molar-refractivity contribution in [2.45, 2.75) is 13.8 Å². The Balaban J connectivity index is 0.000000686. The van der Waals surface area contributed by atoms with E-state index < -0.39 is 11.6 Å². The van der Waals surface area contributed by atoms with Crippen molar-refractivity contribution in [1.29, 1.82) is 0 Å². The van der Waals surface area contributed by atoms with Gasteiger partial charge in [0.25, 0.3) is 0 Å². The Morgan fingerprint density at radius 3 is 2.29 bits per heavy atom. The number of hydrogen-bond acceptors (Lipinski definition) is 3. The van der Waals surface area contributed by atoms with Crippen LogP contribution in [0.4, 0.5) is 20.2 Å². The molecule has 1 saturated heterocycles. The second kappa shape index (κ2) is 6.39. The SMILES string of the molecule is CC.Nc1ccc(N2CCNCC2)c(F)c1F. The van der Waals surface area contributed by atoms with Crippen LogP contribution in [0.5, 0.6) is 0 Å². The van der Waals surface area contributed by atoms with E-state index in [4.69, 9.17) is 5.73 Å². The van der Waals surface area contributed by atoms with Crippen LogP contribution in [0.3, 0.4) is 0 Å². The molecule has 0 spiro atoms. The summed E-state index contributed by atoms with van der Waals surface area (Å²) in [5, 5.41) is 3.15. The predicted molar refractivity (Wildman–Crippen MR) is 67.2 cm³/mol. The average Bonchev–Trinajstić information content (AvgIpc) is 2.40. The Kier molecular flexibility index (Phi) is 5.15. The minimum Gasteiger partial charge on any atom is -0.396 e. The summed E-state index contributed by atoms with van der Waals surface area (Å²) in [5.74, 6) is -1.80. The van der Waals surface area contributed by atoms with E-state index in [0.717, 1.165) is 13.1 Å². The first-order valence-corrected chi connectivity index (χ1v) is 5.89. The van der Waals surface area contributed by atoms with Crippen molar-refractivity contribution in [2.75, 3.05) is 36.8 Å². The normalized spacial score (nSPS) is 15.2. The fourth-order valence-corrected chi connectivity index (χ4v) is 1.70. The van der Waals surface area contributed by atoms with E-state index >= 15 is 0 Å². The van der Waals surface area contributed by atoms with Gasteiger partial charge in [0, 0.05) is 26.2 Å². The zero-order chi connectivity index (χ0) is 12.8. The van der Waals surface area contributed by atoms with Crippen molar-refractivity contribution in [1.82, 2.24) is 5.32 Å². The Labute approximate surface area is 101 Å². The minimum absolute atomic E-state index is 0.147. The first-order chi connectivity index (χ1) is 8.20. The Hall–Kier alpha value is -1.36. The molecule has 2 rings (SSSR count). The summed E-state index contributed by atoms with van der Waals surface area (Å²) in [6.45, 7) is 6.93. The van der Waals surface area contributed by atoms with Crippen molar-refractivity contribution >= 4 is 11.4 Å². The molecule has 1 fully saturated rings. The smallest absolute Gasteiger partial charge is 0.184 e. The molecule has 0 atom stereocenters. The lowest BCUT2D eigenvalue weighted by Crippen LogP contribution is -2.44. The van der Waals surface area contributed by atoms with Crippen LogP contribution in [0.25, 0.3) is 0 Å². The molecule has 5 heteroatoms. The summed E-state index contributed by atoms with van der Waals surface area (Å²) in [4.78, 5) is 1.81. The second-order valence-corrected chi connectivity index (χ2v) is 3.54. The number of nitrogen functional groups attached to an aromatic ring is 1. The summed E-state index contributed by atoms with van der Waals surface area (Å²) in [6, 6.07) is 2.93. The molecule has 0 bridgehead atoms. The van der Waals surface area contributed by atoms with Gasteiger partial charge in [-0.3, -0.25) is 0 Å². The highest BCUT2D eigenvalue weighted by Gasteiger charge is 2.18. The molecule has 0 saturated carbocycles. The van der Waals surface area contributed by atoms with Crippen molar-refractivity contribution < 1.29 is 8.78 Å². The summed E-state index contributed by atoms with van der Waals surface area (Å²) in [6.07, 6.45) is 0. The maximum absolute atomic E-state index is 13.5. The fraction of sp³-hybridized carbons (Fsp3) is 0.500. The molecule has 1 aliphatic rings. The van der Waals surface area contributed by atoms with Crippen molar-refractivity contribution in [3.05, 3.63) is 23.8 Å². The van der Waals surface area contributed by atoms with E-state index in [0.29, 0.717) is 18.8 Å². The number of rotatable bonds is 1. The maximum Gasteiger partial charge on any atom is 0.184 e. The summed E-state index contributed by atoms with van der Waals surface area (Å²) >= 11 is 0. The van der Waals surface area contributed by atoms with Gasteiger partial charge in [-0.2, -0.15) is 0 Å². The van der Waals surface area contributed by atoms with E-state index in [1.54, 1.807) is 0 Å². The largest absolute Gasteiger partial charge is 0.396 e. The molecule has 0 unspecified atom stereocenters. The molecule has 1 aliphatic heterocycles. The molecular formula is C12H19F2N3. The molecule has 0 radical (unpaired) electrons. The van der Waals surface area contributed by atoms with Gasteiger partial charge >= 0.3 is 0 Å². The van der Waals surface area contributed by atoms with Gasteiger partial charge in [-0.25, -0.2) is 8.78 Å². The third-order valence-corrected chi connectivity index (χ3v) is 2.55. The molecule has 17 heavy (non-hydrogen) atoms. The average molecular weight is 243 g/mol. The molecule has 0 aliphatic carbocycles. The monoisotopic (exact) mass is 243 g/mol. The van der Waals surface area contributed by atoms with Crippen molar-refractivity contribution in [3.63, 3.8) is 0 Å². The fourth-order valence-electron chi connectivity index (χ4n) is 1.70. The van der Waals surface area contributed by atoms with Gasteiger partial charge in [-0.05, 0) is 12.1 Å². The molecule has 0 aromatic heterocycles. The zero-order valence-electron chi connectivity index (χ0n) is 10.3. The van der Waals surface area contributed by atoms with Crippen LogP contribution < -0.4 is 16.0 Å². The number of hydrogen-bond donors (Lipinski definition) is 2. The highest BCUT2D eigenvalue weighted by Crippen LogP contribution is 2.25. The van der Waals surface area contributed by atoms with Gasteiger partial charge in [0.05, 0.1) is 11.4 Å². The summed E-state index contributed by atoms with van der Waals surface area (Å²) in [7, 11) is 0. The molecule has 1 aromatic rings. The predicted octanol–water partition coefficient (Wildman–Crippen LogP) is 1.98. The number of benzene rings is 1. The first-order valence-electron chi connectivity index (χ1n) is 5.89. The van der Waals surface area contributed by atoms with E-state index in [1.807, 2.05) is 18.7 Å². The van der Waals surface area contributed by atoms with Gasteiger partial charge in [-0.15, -0.1) is 0 Å². The van der Waals surface area contributed by atoms with Gasteiger partial charge in [0.1, 0.15) is 0 Å². The van der Waals surface area contributed by atoms with Crippen LogP contribution in [0.15, 0.2) is 12.1 Å². The lowest BCUT2D eigenvalue weighted by Gasteiger charge is -2.29. The van der Waals surface area contributed by atoms with Crippen LogP contribution in [0, 0.1) is 11.6 Å². The topological polar surface area (TPSA) is 41.3 Å². The van der Waals surface area contributed by atoms with Crippen molar-refractivity contribution in [2.24, 2.45) is 0 Å². The van der Waals surface area contributed by atoms with Crippen molar-refractivity contribution in [3.8, 4) is 0 Å². The number of nitrogens with one attached hydrogen (secondary N) is 1. The quantitative estimate of drug-likeness (QED) is 0.741. The molecule has 3 nitrogen and oxygen atoms in total. The van der Waals surface area contributed by atoms with E-state index in [2.05, 4.69) is 5.32 Å². The van der Waals surface area contributed by atoms with Crippen LogP contribution in [-0.2, 0) is 0 Å². The van der Waals surface area contributed by atoms with Gasteiger partial charge in [-0.1, -0.05) is 13.8 Å². The Bertz CT molecular complexity index is 363. The number of nitrogens with two attached hydrogens (primary N) is 1. The van der Waals surface area contributed by atoms with E-state index in [9.17, 15) is 8.78 Å². The lowest BCUT2D eigenvalue weighted by molar-refractivity contribution is 0.502. The molecular weight excluding hydrogens is 224 g/mol. The molecule has 96 valence electrons. The maximum atomic E-state index is 13.5. The number of piperazine rings is 1. The van der Waals surface area contributed by atoms with E-state index in [-0.39, 0.29) is 5.69 Å². The van der Waals surface area contributed by atoms with E-state index in [1.165, 1.54) is 12.1 Å². The molecule has 3 N–H and O–H groups in total. The Morgan fingerprint density at radius 1 is 1.12 bits per heavy atom. The zero-order valence-corrected chi connectivity index (χ0v) is 10.3. The van der Waals surface area contributed by atoms with Gasteiger partial charge < -0.3 is 16.0 Å². The second-order valence-electron chi connectivity index (χ2n) is 3.54. The Morgan fingerprint density at radius 2 is 1.71 bits per heavy atom. The number of halogens is 2. The van der Waals surface area contributed by atoms with Gasteiger partial charge in [0.2, 0.25) is 0 Å². The number of nitrogens with zero attached hydrogens (tertiary/aromatic N) is 1. The lowest BCUT2D eigenvalue weighted by atomic mass is 10.2.